The predicted octanol–water partition coefficient (Wildman–Crippen LogP) is 3.59. The normalized spacial score (nSPS) is 16.2. The highest BCUT2D eigenvalue weighted by atomic mass is 32.1. The molecule has 1 saturated heterocycles. The summed E-state index contributed by atoms with van der Waals surface area (Å²) in [5.74, 6) is -0.971. The van der Waals surface area contributed by atoms with Crippen LogP contribution in [0.1, 0.15) is 23.2 Å². The van der Waals surface area contributed by atoms with Crippen LogP contribution in [0.3, 0.4) is 0 Å². The van der Waals surface area contributed by atoms with Crippen LogP contribution in [0.25, 0.3) is 10.6 Å². The zero-order valence-electron chi connectivity index (χ0n) is 14.8. The maximum atomic E-state index is 13.1. The van der Waals surface area contributed by atoms with Crippen molar-refractivity contribution < 1.29 is 14.0 Å². The maximum Gasteiger partial charge on any atom is 0.254 e. The molecule has 0 aliphatic carbocycles. The van der Waals surface area contributed by atoms with E-state index < -0.39 is 11.9 Å². The van der Waals surface area contributed by atoms with Crippen molar-refractivity contribution in [1.29, 1.82) is 0 Å². The number of anilines is 1. The van der Waals surface area contributed by atoms with E-state index in [1.165, 1.54) is 40.5 Å². The highest BCUT2D eigenvalue weighted by Gasteiger charge is 2.35. The number of amides is 2. The third kappa shape index (κ3) is 3.77. The molecule has 1 unspecified atom stereocenters. The summed E-state index contributed by atoms with van der Waals surface area (Å²) in [6, 6.07) is 14.3. The van der Waals surface area contributed by atoms with Crippen molar-refractivity contribution >= 4 is 28.3 Å². The molecule has 0 spiro atoms. The van der Waals surface area contributed by atoms with Gasteiger partial charge in [0.1, 0.15) is 16.9 Å². The van der Waals surface area contributed by atoms with Crippen molar-refractivity contribution in [1.82, 2.24) is 15.1 Å². The largest absolute Gasteiger partial charge is 0.327 e. The van der Waals surface area contributed by atoms with Crippen molar-refractivity contribution in [2.75, 3.05) is 11.9 Å². The number of aromatic nitrogens is 2. The van der Waals surface area contributed by atoms with Gasteiger partial charge in [0.2, 0.25) is 11.0 Å². The van der Waals surface area contributed by atoms with E-state index in [1.54, 1.807) is 0 Å². The molecule has 4 rings (SSSR count). The van der Waals surface area contributed by atoms with Crippen molar-refractivity contribution in [2.45, 2.75) is 18.9 Å². The number of carbonyl (C=O) groups is 2. The lowest BCUT2D eigenvalue weighted by atomic mass is 10.1. The van der Waals surface area contributed by atoms with Crippen LogP contribution in [-0.2, 0) is 4.79 Å². The van der Waals surface area contributed by atoms with E-state index in [-0.39, 0.29) is 11.8 Å². The summed E-state index contributed by atoms with van der Waals surface area (Å²) >= 11 is 1.28. The number of rotatable bonds is 4. The molecule has 1 aliphatic heterocycles. The molecule has 6 nitrogen and oxygen atoms in total. The zero-order valence-corrected chi connectivity index (χ0v) is 15.7. The van der Waals surface area contributed by atoms with Crippen molar-refractivity contribution in [2.24, 2.45) is 0 Å². The molecule has 1 fully saturated rings. The lowest BCUT2D eigenvalue weighted by Crippen LogP contribution is -2.43. The first kappa shape index (κ1) is 18.2. The average Bonchev–Trinajstić information content (AvgIpc) is 3.38. The van der Waals surface area contributed by atoms with E-state index >= 15 is 0 Å². The summed E-state index contributed by atoms with van der Waals surface area (Å²) in [5, 5.41) is 12.0. The average molecular weight is 396 g/mol. The van der Waals surface area contributed by atoms with Crippen LogP contribution in [0.5, 0.6) is 0 Å². The lowest BCUT2D eigenvalue weighted by Gasteiger charge is -2.23. The molecule has 1 aromatic heterocycles. The van der Waals surface area contributed by atoms with Gasteiger partial charge in [-0.2, -0.15) is 0 Å². The standard InChI is InChI=1S/C20H17FN4O2S/c21-15-10-8-14(9-11-15)19(27)25-12-4-7-16(25)17(26)22-20-24-23-18(28-20)13-5-2-1-3-6-13/h1-3,5-6,8-11,16H,4,7,12H2,(H,22,24,26). The fraction of sp³-hybridized carbons (Fsp3) is 0.200. The third-order valence-corrected chi connectivity index (χ3v) is 5.47. The topological polar surface area (TPSA) is 75.2 Å². The second-order valence-corrected chi connectivity index (χ2v) is 7.41. The zero-order chi connectivity index (χ0) is 19.5. The van der Waals surface area contributed by atoms with Gasteiger partial charge in [-0.05, 0) is 37.1 Å². The second kappa shape index (κ2) is 7.85. The molecule has 0 saturated carbocycles. The molecule has 1 N–H and O–H groups in total. The molecule has 0 radical (unpaired) electrons. The second-order valence-electron chi connectivity index (χ2n) is 6.43. The number of nitrogens with zero attached hydrogens (tertiary/aromatic N) is 3. The SMILES string of the molecule is O=C(Nc1nnc(-c2ccccc2)s1)C1CCCN1C(=O)c1ccc(F)cc1. The number of halogens is 1. The van der Waals surface area contributed by atoms with Gasteiger partial charge in [-0.15, -0.1) is 10.2 Å². The number of likely N-dealkylation sites (tertiary alicyclic amines) is 1. The van der Waals surface area contributed by atoms with Gasteiger partial charge >= 0.3 is 0 Å². The molecule has 142 valence electrons. The van der Waals surface area contributed by atoms with E-state index in [4.69, 9.17) is 0 Å². The number of benzene rings is 2. The highest BCUT2D eigenvalue weighted by Crippen LogP contribution is 2.27. The molecule has 2 heterocycles. The summed E-state index contributed by atoms with van der Waals surface area (Å²) in [6.45, 7) is 0.486. The number of carbonyl (C=O) groups excluding carboxylic acids is 2. The summed E-state index contributed by atoms with van der Waals surface area (Å²) in [5.41, 5.74) is 1.29. The Bertz CT molecular complexity index is 991. The Morgan fingerprint density at radius 2 is 1.82 bits per heavy atom. The van der Waals surface area contributed by atoms with Crippen LogP contribution in [0.15, 0.2) is 54.6 Å². The van der Waals surface area contributed by atoms with Gasteiger partial charge in [-0.1, -0.05) is 41.7 Å². The smallest absolute Gasteiger partial charge is 0.254 e. The molecule has 1 atom stereocenters. The molecule has 3 aromatic rings. The summed E-state index contributed by atoms with van der Waals surface area (Å²) in [4.78, 5) is 27.0. The summed E-state index contributed by atoms with van der Waals surface area (Å²) in [6.07, 6.45) is 1.31. The Morgan fingerprint density at radius 3 is 2.57 bits per heavy atom. The van der Waals surface area contributed by atoms with Crippen LogP contribution in [-0.4, -0.2) is 39.5 Å². The fourth-order valence-electron chi connectivity index (χ4n) is 3.20. The first-order valence-electron chi connectivity index (χ1n) is 8.88. The molecule has 2 aromatic carbocycles. The summed E-state index contributed by atoms with van der Waals surface area (Å²) in [7, 11) is 0. The van der Waals surface area contributed by atoms with Gasteiger partial charge in [0.05, 0.1) is 0 Å². The molecular formula is C20H17FN4O2S. The minimum absolute atomic E-state index is 0.278. The molecule has 1 aliphatic rings. The number of hydrogen-bond acceptors (Lipinski definition) is 5. The molecular weight excluding hydrogens is 379 g/mol. The van der Waals surface area contributed by atoms with Gasteiger partial charge < -0.3 is 4.90 Å². The highest BCUT2D eigenvalue weighted by molar-refractivity contribution is 7.18. The van der Waals surface area contributed by atoms with Crippen LogP contribution >= 0.6 is 11.3 Å². The predicted molar refractivity (Wildman–Crippen MR) is 104 cm³/mol. The van der Waals surface area contributed by atoms with E-state index in [9.17, 15) is 14.0 Å². The van der Waals surface area contributed by atoms with Crippen molar-refractivity contribution in [3.05, 3.63) is 66.0 Å². The van der Waals surface area contributed by atoms with Crippen LogP contribution in [0.4, 0.5) is 9.52 Å². The minimum Gasteiger partial charge on any atom is -0.327 e. The van der Waals surface area contributed by atoms with E-state index in [0.29, 0.717) is 28.7 Å². The van der Waals surface area contributed by atoms with Crippen LogP contribution in [0, 0.1) is 5.82 Å². The van der Waals surface area contributed by atoms with Gasteiger partial charge in [-0.3, -0.25) is 14.9 Å². The third-order valence-electron chi connectivity index (χ3n) is 4.58. The number of nitrogens with one attached hydrogen (secondary N) is 1. The van der Waals surface area contributed by atoms with Crippen LogP contribution < -0.4 is 5.32 Å². The van der Waals surface area contributed by atoms with Crippen molar-refractivity contribution in [3.63, 3.8) is 0 Å². The van der Waals surface area contributed by atoms with Crippen LogP contribution in [0.2, 0.25) is 0 Å². The Morgan fingerprint density at radius 1 is 1.07 bits per heavy atom. The minimum atomic E-state index is -0.582. The Labute approximate surface area is 165 Å². The fourth-order valence-corrected chi connectivity index (χ4v) is 3.95. The Hall–Kier alpha value is -3.13. The Balaban J connectivity index is 1.46. The van der Waals surface area contributed by atoms with Gasteiger partial charge in [0, 0.05) is 17.7 Å². The van der Waals surface area contributed by atoms with Gasteiger partial charge in [-0.25, -0.2) is 4.39 Å². The first-order valence-corrected chi connectivity index (χ1v) is 9.70. The quantitative estimate of drug-likeness (QED) is 0.731. The van der Waals surface area contributed by atoms with Crippen molar-refractivity contribution in [3.8, 4) is 10.6 Å². The monoisotopic (exact) mass is 396 g/mol. The molecule has 8 heteroatoms. The lowest BCUT2D eigenvalue weighted by molar-refractivity contribution is -0.119. The summed E-state index contributed by atoms with van der Waals surface area (Å²) < 4.78 is 13.1. The molecule has 0 bridgehead atoms. The van der Waals surface area contributed by atoms with E-state index in [1.807, 2.05) is 30.3 Å². The first-order chi connectivity index (χ1) is 13.6. The molecule has 28 heavy (non-hydrogen) atoms. The number of hydrogen-bond donors (Lipinski definition) is 1. The molecule has 2 amide bonds. The van der Waals surface area contributed by atoms with Gasteiger partial charge in [0.15, 0.2) is 0 Å². The van der Waals surface area contributed by atoms with Gasteiger partial charge in [0.25, 0.3) is 5.91 Å². The maximum absolute atomic E-state index is 13.1. The van der Waals surface area contributed by atoms with E-state index in [2.05, 4.69) is 15.5 Å². The van der Waals surface area contributed by atoms with E-state index in [0.717, 1.165) is 12.0 Å². The Kier molecular flexibility index (Phi) is 5.12.